The van der Waals surface area contributed by atoms with Crippen molar-refractivity contribution in [3.05, 3.63) is 47.2 Å². The standard InChI is InChI=1S/C29H35F3N2O8/c1-17-5-7-19(8-6-17)27(37)34(20(15-39-2)16-40-3)24-10-9-21(13-22(24)28(38)41-4)42-26-23(29(30,31)32)11-18(14-33-26)12-25(35)36/h9-11,13-14,17,19-20H,5-8,12,15-16H2,1-4H3,(H,35,36). The molecule has 230 valence electrons. The number of hydrogen-bond donors (Lipinski definition) is 1. The van der Waals surface area contributed by atoms with Crippen LogP contribution in [0.4, 0.5) is 18.9 Å². The van der Waals surface area contributed by atoms with Crippen molar-refractivity contribution in [2.75, 3.05) is 39.4 Å². The van der Waals surface area contributed by atoms with Crippen molar-refractivity contribution in [1.29, 1.82) is 0 Å². The van der Waals surface area contributed by atoms with E-state index in [-0.39, 0.29) is 47.6 Å². The summed E-state index contributed by atoms with van der Waals surface area (Å²) in [6.45, 7) is 2.30. The van der Waals surface area contributed by atoms with Gasteiger partial charge in [0.25, 0.3) is 0 Å². The van der Waals surface area contributed by atoms with Gasteiger partial charge in [-0.25, -0.2) is 9.78 Å². The van der Waals surface area contributed by atoms with Crippen molar-refractivity contribution >= 4 is 23.5 Å². The second kappa shape index (κ2) is 14.5. The number of carboxylic acids is 1. The second-order valence-corrected chi connectivity index (χ2v) is 10.3. The molecule has 42 heavy (non-hydrogen) atoms. The number of amides is 1. The molecule has 1 heterocycles. The third-order valence-corrected chi connectivity index (χ3v) is 7.10. The molecule has 13 heteroatoms. The van der Waals surface area contributed by atoms with Crippen LogP contribution < -0.4 is 9.64 Å². The van der Waals surface area contributed by atoms with Crippen LogP contribution in [-0.2, 0) is 36.4 Å². The maximum Gasteiger partial charge on any atom is 0.421 e. The lowest BCUT2D eigenvalue weighted by molar-refractivity contribution is -0.139. The van der Waals surface area contributed by atoms with Gasteiger partial charge in [0.05, 0.1) is 44.0 Å². The molecule has 1 fully saturated rings. The summed E-state index contributed by atoms with van der Waals surface area (Å²) in [6.07, 6.45) is -1.51. The highest BCUT2D eigenvalue weighted by Gasteiger charge is 2.37. The molecule has 0 radical (unpaired) electrons. The Morgan fingerprint density at radius 3 is 2.24 bits per heavy atom. The van der Waals surface area contributed by atoms with Crippen molar-refractivity contribution in [2.45, 2.75) is 51.2 Å². The predicted octanol–water partition coefficient (Wildman–Crippen LogP) is 5.13. The zero-order valence-corrected chi connectivity index (χ0v) is 23.9. The topological polar surface area (TPSA) is 124 Å². The molecule has 0 aliphatic heterocycles. The number of halogens is 3. The number of carbonyl (C=O) groups is 3. The minimum absolute atomic E-state index is 0.0864. The summed E-state index contributed by atoms with van der Waals surface area (Å²) >= 11 is 0. The van der Waals surface area contributed by atoms with Crippen molar-refractivity contribution in [3.63, 3.8) is 0 Å². The van der Waals surface area contributed by atoms with Crippen LogP contribution in [0.1, 0.15) is 54.1 Å². The van der Waals surface area contributed by atoms with E-state index in [0.29, 0.717) is 24.8 Å². The number of ether oxygens (including phenoxy) is 4. The van der Waals surface area contributed by atoms with Gasteiger partial charge in [0.1, 0.15) is 11.3 Å². The lowest BCUT2D eigenvalue weighted by Crippen LogP contribution is -2.49. The molecule has 0 atom stereocenters. The van der Waals surface area contributed by atoms with Crippen LogP contribution in [0.3, 0.4) is 0 Å². The monoisotopic (exact) mass is 596 g/mol. The number of benzene rings is 1. The Kier molecular flexibility index (Phi) is 11.3. The summed E-state index contributed by atoms with van der Waals surface area (Å²) in [4.78, 5) is 43.1. The first-order chi connectivity index (χ1) is 19.9. The van der Waals surface area contributed by atoms with Crippen LogP contribution >= 0.6 is 0 Å². The lowest BCUT2D eigenvalue weighted by atomic mass is 9.82. The molecule has 2 aromatic rings. The van der Waals surface area contributed by atoms with Crippen LogP contribution in [0.15, 0.2) is 30.5 Å². The summed E-state index contributed by atoms with van der Waals surface area (Å²) in [5.74, 6) is -3.22. The summed E-state index contributed by atoms with van der Waals surface area (Å²) < 4.78 is 62.6. The Morgan fingerprint density at radius 1 is 1.05 bits per heavy atom. The first-order valence-electron chi connectivity index (χ1n) is 13.4. The molecular weight excluding hydrogens is 561 g/mol. The Hall–Kier alpha value is -3.71. The van der Waals surface area contributed by atoms with E-state index in [1.165, 1.54) is 37.3 Å². The van der Waals surface area contributed by atoms with E-state index in [4.69, 9.17) is 24.1 Å². The van der Waals surface area contributed by atoms with Gasteiger partial charge in [0.2, 0.25) is 11.8 Å². The molecule has 0 bridgehead atoms. The Morgan fingerprint density at radius 2 is 1.69 bits per heavy atom. The number of methoxy groups -OCH3 is 3. The number of carbonyl (C=O) groups excluding carboxylic acids is 2. The van der Waals surface area contributed by atoms with Gasteiger partial charge in [-0.3, -0.25) is 9.59 Å². The van der Waals surface area contributed by atoms with E-state index in [2.05, 4.69) is 11.9 Å². The summed E-state index contributed by atoms with van der Waals surface area (Å²) in [6, 6.07) is 3.91. The molecule has 1 aromatic heterocycles. The molecule has 1 aromatic carbocycles. The van der Waals surface area contributed by atoms with Crippen LogP contribution in [0.5, 0.6) is 11.6 Å². The maximum absolute atomic E-state index is 14.0. The molecule has 3 rings (SSSR count). The van der Waals surface area contributed by atoms with Crippen LogP contribution in [0, 0.1) is 11.8 Å². The van der Waals surface area contributed by atoms with Gasteiger partial charge in [0.15, 0.2) is 0 Å². The number of rotatable bonds is 12. The van der Waals surface area contributed by atoms with Crippen molar-refractivity contribution < 1.29 is 51.6 Å². The fraction of sp³-hybridized carbons (Fsp3) is 0.517. The minimum atomic E-state index is -4.91. The molecule has 10 nitrogen and oxygen atoms in total. The molecule has 1 amide bonds. The molecule has 1 aliphatic rings. The summed E-state index contributed by atoms with van der Waals surface area (Å²) in [7, 11) is 4.08. The third kappa shape index (κ3) is 8.19. The van der Waals surface area contributed by atoms with Crippen LogP contribution in [0.25, 0.3) is 0 Å². The van der Waals surface area contributed by atoms with Gasteiger partial charge in [-0.15, -0.1) is 0 Å². The van der Waals surface area contributed by atoms with E-state index in [0.717, 1.165) is 26.1 Å². The molecular formula is C29H35F3N2O8. The Balaban J connectivity index is 2.08. The number of anilines is 1. The van der Waals surface area contributed by atoms with Crippen molar-refractivity contribution in [1.82, 2.24) is 4.98 Å². The van der Waals surface area contributed by atoms with E-state index in [1.807, 2.05) is 0 Å². The molecule has 0 spiro atoms. The van der Waals surface area contributed by atoms with E-state index >= 15 is 0 Å². The van der Waals surface area contributed by atoms with Gasteiger partial charge >= 0.3 is 18.1 Å². The first kappa shape index (κ1) is 32.8. The van der Waals surface area contributed by atoms with Gasteiger partial charge in [0, 0.05) is 26.3 Å². The largest absolute Gasteiger partial charge is 0.481 e. The lowest BCUT2D eigenvalue weighted by Gasteiger charge is -2.36. The average Bonchev–Trinajstić information content (AvgIpc) is 2.94. The number of pyridine rings is 1. The predicted molar refractivity (Wildman–Crippen MR) is 145 cm³/mol. The fourth-order valence-electron chi connectivity index (χ4n) is 5.01. The zero-order chi connectivity index (χ0) is 31.0. The van der Waals surface area contributed by atoms with Gasteiger partial charge < -0.3 is 29.0 Å². The first-order valence-corrected chi connectivity index (χ1v) is 13.4. The number of esters is 1. The average molecular weight is 597 g/mol. The molecule has 1 aliphatic carbocycles. The molecule has 1 N–H and O–H groups in total. The number of aromatic nitrogens is 1. The molecule has 0 saturated heterocycles. The van der Waals surface area contributed by atoms with Gasteiger partial charge in [-0.2, -0.15) is 13.2 Å². The Bertz CT molecular complexity index is 1260. The number of alkyl halides is 3. The second-order valence-electron chi connectivity index (χ2n) is 10.3. The van der Waals surface area contributed by atoms with Gasteiger partial charge in [-0.1, -0.05) is 6.92 Å². The molecule has 0 unspecified atom stereocenters. The number of nitrogens with zero attached hydrogens (tertiary/aromatic N) is 2. The fourth-order valence-corrected chi connectivity index (χ4v) is 5.01. The van der Waals surface area contributed by atoms with Crippen LogP contribution in [-0.4, -0.2) is 68.5 Å². The smallest absolute Gasteiger partial charge is 0.421 e. The number of aliphatic carboxylic acids is 1. The van der Waals surface area contributed by atoms with E-state index in [9.17, 15) is 27.6 Å². The minimum Gasteiger partial charge on any atom is -0.481 e. The quantitative estimate of drug-likeness (QED) is 0.332. The highest BCUT2D eigenvalue weighted by atomic mass is 19.4. The maximum atomic E-state index is 14.0. The number of carboxylic acid groups (broad SMARTS) is 1. The summed E-state index contributed by atoms with van der Waals surface area (Å²) in [5.41, 5.74) is -1.41. The van der Waals surface area contributed by atoms with E-state index < -0.39 is 42.0 Å². The van der Waals surface area contributed by atoms with Crippen molar-refractivity contribution in [3.8, 4) is 11.6 Å². The van der Waals surface area contributed by atoms with Crippen LogP contribution in [0.2, 0.25) is 0 Å². The third-order valence-electron chi connectivity index (χ3n) is 7.10. The van der Waals surface area contributed by atoms with Gasteiger partial charge in [-0.05, 0) is 61.4 Å². The Labute approximate surface area is 241 Å². The normalized spacial score (nSPS) is 17.1. The van der Waals surface area contributed by atoms with E-state index in [1.54, 1.807) is 0 Å². The zero-order valence-electron chi connectivity index (χ0n) is 23.9. The number of hydrogen-bond acceptors (Lipinski definition) is 8. The highest BCUT2D eigenvalue weighted by molar-refractivity contribution is 6.04. The summed E-state index contributed by atoms with van der Waals surface area (Å²) in [5, 5.41) is 8.95. The van der Waals surface area contributed by atoms with Crippen molar-refractivity contribution in [2.24, 2.45) is 11.8 Å². The highest BCUT2D eigenvalue weighted by Crippen LogP contribution is 2.39. The SMILES string of the molecule is COCC(COC)N(C(=O)C1CCC(C)CC1)c1ccc(Oc2ncc(CC(=O)O)cc2C(F)(F)F)cc1C(=O)OC. The molecule has 1 saturated carbocycles.